The molecule has 0 unspecified atom stereocenters. The van der Waals surface area contributed by atoms with E-state index in [1.54, 1.807) is 24.3 Å². The molecule has 0 radical (unpaired) electrons. The number of rotatable bonds is 6. The monoisotopic (exact) mass is 422 g/mol. The van der Waals surface area contributed by atoms with Crippen molar-refractivity contribution in [3.8, 4) is 11.5 Å². The summed E-state index contributed by atoms with van der Waals surface area (Å²) in [6.45, 7) is 3.81. The Morgan fingerprint density at radius 3 is 1.15 bits per heavy atom. The van der Waals surface area contributed by atoms with Gasteiger partial charge in [-0.1, -0.05) is 38.1 Å². The van der Waals surface area contributed by atoms with Crippen LogP contribution in [0.15, 0.2) is 48.5 Å². The van der Waals surface area contributed by atoms with Crippen LogP contribution in [0.2, 0.25) is 0 Å². The first-order valence-corrected chi connectivity index (χ1v) is 9.65. The minimum Gasteiger partial charge on any atom is -0.362 e. The van der Waals surface area contributed by atoms with Gasteiger partial charge in [0.1, 0.15) is 11.5 Å². The quantitative estimate of drug-likeness (QED) is 0.502. The van der Waals surface area contributed by atoms with E-state index < -0.39 is 26.2 Å². The van der Waals surface area contributed by atoms with Crippen LogP contribution in [0.3, 0.4) is 0 Å². The normalized spacial score (nSPS) is 11.7. The molecule has 0 spiro atoms. The lowest BCUT2D eigenvalue weighted by Gasteiger charge is -2.26. The van der Waals surface area contributed by atoms with Crippen molar-refractivity contribution in [2.24, 2.45) is 0 Å². The summed E-state index contributed by atoms with van der Waals surface area (Å²) in [5, 5.41) is 0. The van der Waals surface area contributed by atoms with Gasteiger partial charge >= 0.3 is 20.8 Å². The summed E-state index contributed by atoms with van der Waals surface area (Å²) in [6.07, 6.45) is 0. The third-order valence-electron chi connectivity index (χ3n) is 3.56. The van der Waals surface area contributed by atoms with Crippen molar-refractivity contribution in [2.45, 2.75) is 19.3 Å². The van der Waals surface area contributed by atoms with Crippen LogP contribution in [-0.4, -0.2) is 25.9 Å². The second kappa shape index (κ2) is 8.65. The zero-order chi connectivity index (χ0) is 18.9. The topological polar surface area (TPSA) is 197 Å². The molecule has 2 rings (SSSR count). The van der Waals surface area contributed by atoms with Crippen molar-refractivity contribution in [1.29, 1.82) is 0 Å². The minimum atomic E-state index is -4.58. The molecule has 0 heterocycles. The Morgan fingerprint density at radius 1 is 0.667 bits per heavy atom. The molecule has 2 aromatic rings. The molecule has 152 valence electrons. The van der Waals surface area contributed by atoms with E-state index in [0.717, 1.165) is 11.1 Å². The van der Waals surface area contributed by atoms with Crippen LogP contribution < -0.4 is 20.7 Å². The van der Waals surface area contributed by atoms with Crippen molar-refractivity contribution in [2.75, 3.05) is 0 Å². The lowest BCUT2D eigenvalue weighted by Crippen LogP contribution is -2.19. The molecule has 0 fully saturated rings. The van der Waals surface area contributed by atoms with Crippen LogP contribution in [0.5, 0.6) is 11.5 Å². The summed E-state index contributed by atoms with van der Waals surface area (Å²) in [5.41, 5.74) is 1.13. The van der Waals surface area contributed by atoms with Gasteiger partial charge in [-0.15, -0.1) is 0 Å². The van der Waals surface area contributed by atoms with E-state index in [9.17, 15) is 16.8 Å². The second-order valence-corrected chi connectivity index (χ2v) is 7.74. The van der Waals surface area contributed by atoms with Crippen LogP contribution in [0.1, 0.15) is 25.0 Å². The smallest absolute Gasteiger partial charge is 0.362 e. The molecule has 0 saturated heterocycles. The van der Waals surface area contributed by atoms with Crippen LogP contribution in [0.4, 0.5) is 0 Å². The molecule has 27 heavy (non-hydrogen) atoms. The molecule has 12 heteroatoms. The van der Waals surface area contributed by atoms with Gasteiger partial charge < -0.3 is 20.7 Å². The lowest BCUT2D eigenvalue weighted by atomic mass is 9.78. The lowest BCUT2D eigenvalue weighted by molar-refractivity contribution is 0.384. The standard InChI is InChI=1S/C15H16O8S2.2H3N/c1-15(2,11-3-7-13(8-4-11)22-24(16,17)18)12-5-9-14(10-6-12)23-25(19,20)21;;/h3-10H,1-2H3,(H,16,17,18)(H,19,20,21);2*1H3. The fraction of sp³-hybridized carbons (Fsp3) is 0.200. The van der Waals surface area contributed by atoms with Gasteiger partial charge in [-0.25, -0.2) is 0 Å². The van der Waals surface area contributed by atoms with Crippen molar-refractivity contribution >= 4 is 20.8 Å². The van der Waals surface area contributed by atoms with E-state index in [2.05, 4.69) is 8.37 Å². The molecule has 0 atom stereocenters. The highest BCUT2D eigenvalue weighted by molar-refractivity contribution is 7.81. The predicted molar refractivity (Wildman–Crippen MR) is 99.4 cm³/mol. The summed E-state index contributed by atoms with van der Waals surface area (Å²) in [7, 11) is -9.16. The zero-order valence-electron chi connectivity index (χ0n) is 14.7. The van der Waals surface area contributed by atoms with Gasteiger partial charge in [-0.2, -0.15) is 16.8 Å². The Kier molecular flexibility index (Phi) is 7.93. The van der Waals surface area contributed by atoms with E-state index in [1.165, 1.54) is 24.3 Å². The summed E-state index contributed by atoms with van der Waals surface area (Å²) in [5.74, 6) is -0.0575. The SMILES string of the molecule is CC(C)(c1ccc(OS(=O)(=O)O)cc1)c1ccc(OS(=O)(=O)O)cc1.N.N. The summed E-state index contributed by atoms with van der Waals surface area (Å²) in [6, 6.07) is 12.2. The second-order valence-electron chi connectivity index (χ2n) is 5.70. The number of hydrogen-bond donors (Lipinski definition) is 4. The third kappa shape index (κ3) is 7.13. The Bertz CT molecular complexity index is 874. The largest absolute Gasteiger partial charge is 0.446 e. The molecule has 0 aromatic heterocycles. The van der Waals surface area contributed by atoms with E-state index in [4.69, 9.17) is 9.11 Å². The Morgan fingerprint density at radius 2 is 0.926 bits per heavy atom. The third-order valence-corrected chi connectivity index (χ3v) is 4.36. The highest BCUT2D eigenvalue weighted by atomic mass is 32.3. The highest BCUT2D eigenvalue weighted by Crippen LogP contribution is 2.33. The molecule has 0 bridgehead atoms. The van der Waals surface area contributed by atoms with E-state index >= 15 is 0 Å². The zero-order valence-corrected chi connectivity index (χ0v) is 16.3. The van der Waals surface area contributed by atoms with E-state index in [0.29, 0.717) is 0 Å². The van der Waals surface area contributed by atoms with Crippen LogP contribution in [0.25, 0.3) is 0 Å². The number of hydrogen-bond acceptors (Lipinski definition) is 8. The fourth-order valence-corrected chi connectivity index (χ4v) is 2.97. The molecule has 0 saturated carbocycles. The van der Waals surface area contributed by atoms with Gasteiger partial charge in [0.15, 0.2) is 0 Å². The summed E-state index contributed by atoms with van der Waals surface area (Å²) in [4.78, 5) is 0. The average molecular weight is 422 g/mol. The van der Waals surface area contributed by atoms with E-state index in [-0.39, 0.29) is 23.8 Å². The van der Waals surface area contributed by atoms with Crippen LogP contribution in [-0.2, 0) is 26.2 Å². The summed E-state index contributed by atoms with van der Waals surface area (Å²) >= 11 is 0. The molecule has 2 aromatic carbocycles. The van der Waals surface area contributed by atoms with Crippen LogP contribution in [0, 0.1) is 0 Å². The molecule has 0 aliphatic heterocycles. The fourth-order valence-electron chi connectivity index (χ4n) is 2.26. The first-order valence-electron chi connectivity index (χ1n) is 6.92. The summed E-state index contributed by atoms with van der Waals surface area (Å²) < 4.78 is 68.8. The Balaban J connectivity index is 0.00000338. The molecule has 10 nitrogen and oxygen atoms in total. The molecule has 0 amide bonds. The highest BCUT2D eigenvalue weighted by Gasteiger charge is 2.23. The van der Waals surface area contributed by atoms with Gasteiger partial charge in [0, 0.05) is 5.41 Å². The maximum atomic E-state index is 10.7. The minimum absolute atomic E-state index is 0. The molecular weight excluding hydrogens is 400 g/mol. The van der Waals surface area contributed by atoms with Gasteiger partial charge in [-0.3, -0.25) is 9.11 Å². The van der Waals surface area contributed by atoms with Crippen LogP contribution >= 0.6 is 0 Å². The number of benzene rings is 2. The molecule has 0 aliphatic rings. The maximum absolute atomic E-state index is 10.7. The van der Waals surface area contributed by atoms with Gasteiger partial charge in [-0.05, 0) is 35.4 Å². The van der Waals surface area contributed by atoms with Gasteiger partial charge in [0.2, 0.25) is 0 Å². The first kappa shape index (κ1) is 24.8. The average Bonchev–Trinajstić information content (AvgIpc) is 2.45. The predicted octanol–water partition coefficient (Wildman–Crippen LogP) is 2.70. The Hall–Kier alpha value is -2.22. The molecule has 8 N–H and O–H groups in total. The van der Waals surface area contributed by atoms with Crippen molar-refractivity contribution in [3.63, 3.8) is 0 Å². The first-order chi connectivity index (χ1) is 11.4. The van der Waals surface area contributed by atoms with Gasteiger partial charge in [0.05, 0.1) is 0 Å². The van der Waals surface area contributed by atoms with Gasteiger partial charge in [0.25, 0.3) is 0 Å². The van der Waals surface area contributed by atoms with Crippen molar-refractivity contribution in [1.82, 2.24) is 12.3 Å². The van der Waals surface area contributed by atoms with Crippen molar-refractivity contribution in [3.05, 3.63) is 59.7 Å². The van der Waals surface area contributed by atoms with E-state index in [1.807, 2.05) is 13.8 Å². The molecular formula is C15H22N2O8S2. The van der Waals surface area contributed by atoms with Crippen molar-refractivity contribution < 1.29 is 34.3 Å². The Labute approximate surface area is 158 Å². The maximum Gasteiger partial charge on any atom is 0.446 e. The molecule has 0 aliphatic carbocycles.